The van der Waals surface area contributed by atoms with Gasteiger partial charge in [-0.05, 0) is 12.3 Å². The third-order valence-corrected chi connectivity index (χ3v) is 3.19. The number of aliphatic hydroxyl groups excluding tert-OH is 1. The van der Waals surface area contributed by atoms with E-state index in [4.69, 9.17) is 15.6 Å². The van der Waals surface area contributed by atoms with Gasteiger partial charge in [-0.1, -0.05) is 20.8 Å². The molecule has 3 atom stereocenters. The second kappa shape index (κ2) is 5.33. The molecule has 5 heteroatoms. The van der Waals surface area contributed by atoms with Gasteiger partial charge in [0.2, 0.25) is 5.91 Å². The smallest absolute Gasteiger partial charge is 0.240 e. The van der Waals surface area contributed by atoms with Gasteiger partial charge in [0.1, 0.15) is 0 Å². The first-order chi connectivity index (χ1) is 7.77. The van der Waals surface area contributed by atoms with E-state index in [-0.39, 0.29) is 30.1 Å². The van der Waals surface area contributed by atoms with Crippen LogP contribution in [0.3, 0.4) is 0 Å². The fraction of sp³-hybridized carbons (Fsp3) is 0.917. The fourth-order valence-corrected chi connectivity index (χ4v) is 1.78. The zero-order valence-electron chi connectivity index (χ0n) is 11.1. The van der Waals surface area contributed by atoms with Crippen molar-refractivity contribution >= 4 is 5.91 Å². The lowest BCUT2D eigenvalue weighted by molar-refractivity contribution is -0.149. The standard InChI is InChI=1S/C12H24N2O3/c1-8-7-17-9(6-15)5-14(8)11(16)10(13)12(2,3)4/h8-10,15H,5-7,13H2,1-4H3. The van der Waals surface area contributed by atoms with Crippen LogP contribution in [0.5, 0.6) is 0 Å². The van der Waals surface area contributed by atoms with Crippen LogP contribution in [-0.4, -0.2) is 53.9 Å². The van der Waals surface area contributed by atoms with Crippen LogP contribution in [0.25, 0.3) is 0 Å². The Balaban J connectivity index is 2.73. The van der Waals surface area contributed by atoms with Gasteiger partial charge in [0.05, 0.1) is 31.4 Å². The molecule has 1 aliphatic heterocycles. The number of nitrogens with zero attached hydrogens (tertiary/aromatic N) is 1. The highest BCUT2D eigenvalue weighted by Gasteiger charge is 2.36. The second-order valence-electron chi connectivity index (χ2n) is 5.82. The second-order valence-corrected chi connectivity index (χ2v) is 5.82. The molecule has 100 valence electrons. The Labute approximate surface area is 103 Å². The third kappa shape index (κ3) is 3.40. The molecule has 1 fully saturated rings. The average molecular weight is 244 g/mol. The third-order valence-electron chi connectivity index (χ3n) is 3.19. The highest BCUT2D eigenvalue weighted by atomic mass is 16.5. The molecule has 0 aromatic carbocycles. The lowest BCUT2D eigenvalue weighted by Crippen LogP contribution is -2.58. The Kier molecular flexibility index (Phi) is 4.52. The zero-order chi connectivity index (χ0) is 13.2. The number of nitrogens with two attached hydrogens (primary N) is 1. The SMILES string of the molecule is CC1COC(CO)CN1C(=O)C(N)C(C)(C)C. The number of morpholine rings is 1. The van der Waals surface area contributed by atoms with E-state index < -0.39 is 6.04 Å². The fourth-order valence-electron chi connectivity index (χ4n) is 1.78. The van der Waals surface area contributed by atoms with Crippen molar-refractivity contribution in [1.29, 1.82) is 0 Å². The summed E-state index contributed by atoms with van der Waals surface area (Å²) in [4.78, 5) is 14.0. The Morgan fingerprint density at radius 3 is 2.65 bits per heavy atom. The van der Waals surface area contributed by atoms with Crippen molar-refractivity contribution < 1.29 is 14.6 Å². The molecular weight excluding hydrogens is 220 g/mol. The van der Waals surface area contributed by atoms with E-state index in [1.807, 2.05) is 27.7 Å². The summed E-state index contributed by atoms with van der Waals surface area (Å²) >= 11 is 0. The van der Waals surface area contributed by atoms with Gasteiger partial charge in [-0.3, -0.25) is 4.79 Å². The molecule has 1 heterocycles. The van der Waals surface area contributed by atoms with Crippen LogP contribution in [0, 0.1) is 5.41 Å². The average Bonchev–Trinajstić information content (AvgIpc) is 2.26. The van der Waals surface area contributed by atoms with Crippen LogP contribution in [0.15, 0.2) is 0 Å². The van der Waals surface area contributed by atoms with E-state index in [1.165, 1.54) is 0 Å². The van der Waals surface area contributed by atoms with E-state index >= 15 is 0 Å². The summed E-state index contributed by atoms with van der Waals surface area (Å²) in [6.45, 7) is 8.58. The summed E-state index contributed by atoms with van der Waals surface area (Å²) in [6, 6.07) is -0.513. The van der Waals surface area contributed by atoms with Crippen LogP contribution in [-0.2, 0) is 9.53 Å². The summed E-state index contributed by atoms with van der Waals surface area (Å²) in [5.41, 5.74) is 5.72. The molecule has 1 aliphatic rings. The minimum Gasteiger partial charge on any atom is -0.394 e. The largest absolute Gasteiger partial charge is 0.394 e. The van der Waals surface area contributed by atoms with E-state index in [1.54, 1.807) is 4.90 Å². The van der Waals surface area contributed by atoms with Gasteiger partial charge in [-0.25, -0.2) is 0 Å². The molecule has 0 radical (unpaired) electrons. The molecule has 5 nitrogen and oxygen atoms in total. The summed E-state index contributed by atoms with van der Waals surface area (Å²) < 4.78 is 5.40. The summed E-state index contributed by atoms with van der Waals surface area (Å²) in [5.74, 6) is -0.0632. The number of carbonyl (C=O) groups excluding carboxylic acids is 1. The number of amides is 1. The van der Waals surface area contributed by atoms with Gasteiger partial charge in [0, 0.05) is 6.54 Å². The summed E-state index contributed by atoms with van der Waals surface area (Å²) in [7, 11) is 0. The van der Waals surface area contributed by atoms with Crippen LogP contribution in [0.2, 0.25) is 0 Å². The number of hydrogen-bond acceptors (Lipinski definition) is 4. The van der Waals surface area contributed by atoms with Gasteiger partial charge >= 0.3 is 0 Å². The van der Waals surface area contributed by atoms with E-state index in [2.05, 4.69) is 0 Å². The maximum absolute atomic E-state index is 12.3. The molecule has 0 saturated carbocycles. The number of ether oxygens (including phenoxy) is 1. The Hall–Kier alpha value is -0.650. The zero-order valence-corrected chi connectivity index (χ0v) is 11.1. The monoisotopic (exact) mass is 244 g/mol. The summed E-state index contributed by atoms with van der Waals surface area (Å²) in [6.07, 6.45) is -0.290. The van der Waals surface area contributed by atoms with Crippen molar-refractivity contribution in [3.63, 3.8) is 0 Å². The highest BCUT2D eigenvalue weighted by molar-refractivity contribution is 5.82. The first-order valence-electron chi connectivity index (χ1n) is 6.06. The van der Waals surface area contributed by atoms with E-state index in [0.29, 0.717) is 13.2 Å². The molecular formula is C12H24N2O3. The predicted octanol–water partition coefficient (Wildman–Crippen LogP) is -0.0320. The van der Waals surface area contributed by atoms with Gasteiger partial charge in [0.25, 0.3) is 0 Å². The quantitative estimate of drug-likeness (QED) is 0.715. The van der Waals surface area contributed by atoms with Crippen LogP contribution in [0.4, 0.5) is 0 Å². The van der Waals surface area contributed by atoms with Crippen molar-refractivity contribution in [3.05, 3.63) is 0 Å². The van der Waals surface area contributed by atoms with Gasteiger partial charge in [-0.15, -0.1) is 0 Å². The van der Waals surface area contributed by atoms with Crippen molar-refractivity contribution in [1.82, 2.24) is 4.90 Å². The molecule has 1 saturated heterocycles. The first-order valence-corrected chi connectivity index (χ1v) is 6.06. The lowest BCUT2D eigenvalue weighted by Gasteiger charge is -2.40. The van der Waals surface area contributed by atoms with E-state index in [9.17, 15) is 4.79 Å². The Morgan fingerprint density at radius 1 is 1.59 bits per heavy atom. The lowest BCUT2D eigenvalue weighted by atomic mass is 9.86. The molecule has 3 unspecified atom stereocenters. The molecule has 0 aromatic rings. The van der Waals surface area contributed by atoms with Gasteiger partial charge < -0.3 is 20.5 Å². The first kappa shape index (κ1) is 14.4. The molecule has 3 N–H and O–H groups in total. The molecule has 17 heavy (non-hydrogen) atoms. The Morgan fingerprint density at radius 2 is 2.18 bits per heavy atom. The van der Waals surface area contributed by atoms with Crippen molar-refractivity contribution in [2.24, 2.45) is 11.1 Å². The van der Waals surface area contributed by atoms with Crippen LogP contribution < -0.4 is 5.73 Å². The minimum atomic E-state index is -0.526. The van der Waals surface area contributed by atoms with Crippen LogP contribution in [0.1, 0.15) is 27.7 Å². The van der Waals surface area contributed by atoms with Crippen molar-refractivity contribution in [3.8, 4) is 0 Å². The topological polar surface area (TPSA) is 75.8 Å². The molecule has 0 aliphatic carbocycles. The number of hydrogen-bond donors (Lipinski definition) is 2. The predicted molar refractivity (Wildman–Crippen MR) is 65.4 cm³/mol. The molecule has 1 amide bonds. The molecule has 0 spiro atoms. The summed E-state index contributed by atoms with van der Waals surface area (Å²) in [5, 5.41) is 9.08. The normalized spacial score (nSPS) is 28.0. The van der Waals surface area contributed by atoms with Gasteiger partial charge in [0.15, 0.2) is 0 Å². The van der Waals surface area contributed by atoms with Crippen LogP contribution >= 0.6 is 0 Å². The number of aliphatic hydroxyl groups is 1. The molecule has 0 bridgehead atoms. The highest BCUT2D eigenvalue weighted by Crippen LogP contribution is 2.21. The maximum atomic E-state index is 12.3. The van der Waals surface area contributed by atoms with Gasteiger partial charge in [-0.2, -0.15) is 0 Å². The Bertz CT molecular complexity index is 275. The minimum absolute atomic E-state index is 0.0127. The molecule has 0 aromatic heterocycles. The maximum Gasteiger partial charge on any atom is 0.240 e. The van der Waals surface area contributed by atoms with Crippen molar-refractivity contribution in [2.75, 3.05) is 19.8 Å². The van der Waals surface area contributed by atoms with E-state index in [0.717, 1.165) is 0 Å². The number of rotatable bonds is 2. The molecule has 1 rings (SSSR count). The number of carbonyl (C=O) groups is 1. The van der Waals surface area contributed by atoms with Crippen molar-refractivity contribution in [2.45, 2.75) is 45.9 Å².